The molecular formula is C14H25NO5S. The summed E-state index contributed by atoms with van der Waals surface area (Å²) in [7, 11) is -1.70. The normalized spacial score (nSPS) is 30.3. The monoisotopic (exact) mass is 319 g/mol. The van der Waals surface area contributed by atoms with Crippen LogP contribution in [0.2, 0.25) is 0 Å². The Morgan fingerprint density at radius 2 is 2.10 bits per heavy atom. The van der Waals surface area contributed by atoms with Crippen LogP contribution < -0.4 is 0 Å². The highest BCUT2D eigenvalue weighted by molar-refractivity contribution is 7.92. The SMILES string of the molecule is COC1CCC2OCCN(C(=O)CS(=O)(=O)C(C)C)C2C1. The summed E-state index contributed by atoms with van der Waals surface area (Å²) < 4.78 is 35.1. The zero-order chi connectivity index (χ0) is 15.6. The molecule has 6 nitrogen and oxygen atoms in total. The Bertz CT molecular complexity index is 476. The van der Waals surface area contributed by atoms with Crippen LogP contribution >= 0.6 is 0 Å². The van der Waals surface area contributed by atoms with Crippen molar-refractivity contribution in [3.05, 3.63) is 0 Å². The second kappa shape index (κ2) is 6.62. The van der Waals surface area contributed by atoms with Gasteiger partial charge in [-0.05, 0) is 33.1 Å². The molecule has 2 aliphatic rings. The maximum absolute atomic E-state index is 12.4. The lowest BCUT2D eigenvalue weighted by Crippen LogP contribution is -2.58. The molecule has 1 aliphatic carbocycles. The van der Waals surface area contributed by atoms with Gasteiger partial charge in [-0.15, -0.1) is 0 Å². The van der Waals surface area contributed by atoms with E-state index >= 15 is 0 Å². The van der Waals surface area contributed by atoms with Crippen molar-refractivity contribution in [2.24, 2.45) is 0 Å². The summed E-state index contributed by atoms with van der Waals surface area (Å²) in [5.41, 5.74) is 0. The van der Waals surface area contributed by atoms with Gasteiger partial charge < -0.3 is 14.4 Å². The summed E-state index contributed by atoms with van der Waals surface area (Å²) in [5, 5.41) is -0.531. The predicted molar refractivity (Wildman–Crippen MR) is 78.8 cm³/mol. The molecule has 2 fully saturated rings. The molecule has 3 unspecified atom stereocenters. The fourth-order valence-corrected chi connectivity index (χ4v) is 3.86. The molecule has 1 amide bonds. The number of methoxy groups -OCH3 is 1. The Balaban J connectivity index is 2.08. The van der Waals surface area contributed by atoms with Crippen molar-refractivity contribution in [3.8, 4) is 0 Å². The van der Waals surface area contributed by atoms with Crippen LogP contribution in [0.25, 0.3) is 0 Å². The van der Waals surface area contributed by atoms with Crippen molar-refractivity contribution >= 4 is 15.7 Å². The Labute approximate surface area is 126 Å². The number of nitrogens with zero attached hydrogens (tertiary/aromatic N) is 1. The molecule has 0 aromatic heterocycles. The number of sulfone groups is 1. The lowest BCUT2D eigenvalue weighted by atomic mass is 9.88. The van der Waals surface area contributed by atoms with E-state index in [0.29, 0.717) is 19.6 Å². The largest absolute Gasteiger partial charge is 0.381 e. The third-order valence-corrected chi connectivity index (χ3v) is 6.55. The molecule has 122 valence electrons. The molecule has 7 heteroatoms. The third kappa shape index (κ3) is 3.76. The number of rotatable bonds is 4. The number of carbonyl (C=O) groups is 1. The minimum absolute atomic E-state index is 0.0101. The van der Waals surface area contributed by atoms with Crippen molar-refractivity contribution < 1.29 is 22.7 Å². The van der Waals surface area contributed by atoms with Crippen molar-refractivity contribution in [1.82, 2.24) is 4.90 Å². The van der Waals surface area contributed by atoms with Gasteiger partial charge in [-0.1, -0.05) is 0 Å². The van der Waals surface area contributed by atoms with Crippen LogP contribution in [-0.2, 0) is 24.1 Å². The number of amides is 1. The maximum Gasteiger partial charge on any atom is 0.238 e. The fourth-order valence-electron chi connectivity index (χ4n) is 3.02. The Morgan fingerprint density at radius 3 is 2.71 bits per heavy atom. The molecule has 0 aromatic rings. The van der Waals surface area contributed by atoms with Gasteiger partial charge in [0.15, 0.2) is 9.84 Å². The highest BCUT2D eigenvalue weighted by Gasteiger charge is 2.40. The van der Waals surface area contributed by atoms with Crippen LogP contribution in [0.3, 0.4) is 0 Å². The zero-order valence-corrected chi connectivity index (χ0v) is 13.8. The molecule has 1 saturated carbocycles. The summed E-state index contributed by atoms with van der Waals surface area (Å²) in [5.74, 6) is -0.718. The molecule has 3 atom stereocenters. The van der Waals surface area contributed by atoms with Crippen LogP contribution in [-0.4, -0.2) is 68.7 Å². The van der Waals surface area contributed by atoms with E-state index in [1.165, 1.54) is 0 Å². The lowest BCUT2D eigenvalue weighted by molar-refractivity contribution is -0.152. The summed E-state index contributed by atoms with van der Waals surface area (Å²) in [6, 6.07) is -0.0627. The van der Waals surface area contributed by atoms with Crippen LogP contribution in [0.5, 0.6) is 0 Å². The molecule has 2 rings (SSSR count). The molecule has 1 saturated heterocycles. The first-order valence-corrected chi connectivity index (χ1v) is 9.22. The van der Waals surface area contributed by atoms with E-state index in [4.69, 9.17) is 9.47 Å². The van der Waals surface area contributed by atoms with Gasteiger partial charge in [-0.25, -0.2) is 8.42 Å². The topological polar surface area (TPSA) is 72.9 Å². The van der Waals surface area contributed by atoms with Crippen molar-refractivity contribution in [1.29, 1.82) is 0 Å². The average Bonchev–Trinajstić information content (AvgIpc) is 2.45. The average molecular weight is 319 g/mol. The first-order chi connectivity index (χ1) is 9.85. The van der Waals surface area contributed by atoms with Crippen LogP contribution in [0.15, 0.2) is 0 Å². The van der Waals surface area contributed by atoms with E-state index < -0.39 is 20.8 Å². The molecule has 0 radical (unpaired) electrons. The van der Waals surface area contributed by atoms with E-state index in [2.05, 4.69) is 0 Å². The molecule has 1 aliphatic heterocycles. The Morgan fingerprint density at radius 1 is 1.38 bits per heavy atom. The number of ether oxygens (including phenoxy) is 2. The molecule has 0 spiro atoms. The quantitative estimate of drug-likeness (QED) is 0.759. The van der Waals surface area contributed by atoms with Crippen molar-refractivity contribution in [2.75, 3.05) is 26.0 Å². The summed E-state index contributed by atoms with van der Waals surface area (Å²) >= 11 is 0. The maximum atomic E-state index is 12.4. The number of hydrogen-bond acceptors (Lipinski definition) is 5. The van der Waals surface area contributed by atoms with E-state index in [1.807, 2.05) is 0 Å². The van der Waals surface area contributed by atoms with Gasteiger partial charge in [-0.3, -0.25) is 4.79 Å². The van der Waals surface area contributed by atoms with Gasteiger partial charge in [0.2, 0.25) is 5.91 Å². The lowest BCUT2D eigenvalue weighted by Gasteiger charge is -2.45. The molecule has 0 aromatic carbocycles. The highest BCUT2D eigenvalue weighted by Crippen LogP contribution is 2.30. The number of hydrogen-bond donors (Lipinski definition) is 0. The van der Waals surface area contributed by atoms with Crippen LogP contribution in [0, 0.1) is 0 Å². The number of carbonyl (C=O) groups excluding carboxylic acids is 1. The fraction of sp³-hybridized carbons (Fsp3) is 0.929. The second-order valence-electron chi connectivity index (χ2n) is 6.09. The van der Waals surface area contributed by atoms with Gasteiger partial charge >= 0.3 is 0 Å². The minimum Gasteiger partial charge on any atom is -0.381 e. The van der Waals surface area contributed by atoms with Gasteiger partial charge in [0.05, 0.1) is 30.1 Å². The molecule has 21 heavy (non-hydrogen) atoms. The summed E-state index contributed by atoms with van der Waals surface area (Å²) in [6.07, 6.45) is 2.61. The Hall–Kier alpha value is -0.660. The number of fused-ring (bicyclic) bond motifs is 1. The van der Waals surface area contributed by atoms with E-state index in [-0.39, 0.29) is 24.2 Å². The van der Waals surface area contributed by atoms with Gasteiger partial charge in [0.25, 0.3) is 0 Å². The number of morpholine rings is 1. The van der Waals surface area contributed by atoms with Crippen LogP contribution in [0.1, 0.15) is 33.1 Å². The van der Waals surface area contributed by atoms with Gasteiger partial charge in [0, 0.05) is 13.7 Å². The van der Waals surface area contributed by atoms with Crippen molar-refractivity contribution in [3.63, 3.8) is 0 Å². The van der Waals surface area contributed by atoms with Gasteiger partial charge in [0.1, 0.15) is 5.75 Å². The smallest absolute Gasteiger partial charge is 0.238 e. The van der Waals surface area contributed by atoms with Crippen LogP contribution in [0.4, 0.5) is 0 Å². The summed E-state index contributed by atoms with van der Waals surface area (Å²) in [6.45, 7) is 4.15. The first kappa shape index (κ1) is 16.7. The third-order valence-electron chi connectivity index (χ3n) is 4.47. The van der Waals surface area contributed by atoms with E-state index in [9.17, 15) is 13.2 Å². The predicted octanol–water partition coefficient (Wildman–Crippen LogP) is 0.605. The second-order valence-corrected chi connectivity index (χ2v) is 8.65. The first-order valence-electron chi connectivity index (χ1n) is 7.50. The molecule has 0 N–H and O–H groups in total. The Kier molecular flexibility index (Phi) is 5.27. The highest BCUT2D eigenvalue weighted by atomic mass is 32.2. The zero-order valence-electron chi connectivity index (χ0n) is 12.9. The van der Waals surface area contributed by atoms with E-state index in [1.54, 1.807) is 25.9 Å². The molecular weight excluding hydrogens is 294 g/mol. The van der Waals surface area contributed by atoms with Gasteiger partial charge in [-0.2, -0.15) is 0 Å². The van der Waals surface area contributed by atoms with Crippen molar-refractivity contribution in [2.45, 2.75) is 56.6 Å². The minimum atomic E-state index is -3.37. The molecule has 1 heterocycles. The van der Waals surface area contributed by atoms with E-state index in [0.717, 1.165) is 12.8 Å². The summed E-state index contributed by atoms with van der Waals surface area (Å²) in [4.78, 5) is 14.1. The molecule has 0 bridgehead atoms. The standard InChI is InChI=1S/C14H25NO5S/c1-10(2)21(17,18)9-14(16)15-6-7-20-13-5-4-11(19-3)8-12(13)15/h10-13H,4-9H2,1-3H3.